The van der Waals surface area contributed by atoms with Gasteiger partial charge >= 0.3 is 0 Å². The van der Waals surface area contributed by atoms with E-state index in [0.29, 0.717) is 6.04 Å². The summed E-state index contributed by atoms with van der Waals surface area (Å²) in [6.45, 7) is 11.5. The van der Waals surface area contributed by atoms with E-state index in [-0.39, 0.29) is 0 Å². The Labute approximate surface area is 123 Å². The van der Waals surface area contributed by atoms with Gasteiger partial charge in [-0.15, -0.1) is 11.3 Å². The highest BCUT2D eigenvalue weighted by Gasteiger charge is 2.10. The third-order valence-corrected chi connectivity index (χ3v) is 4.65. The summed E-state index contributed by atoms with van der Waals surface area (Å²) in [5.74, 6) is 0. The highest BCUT2D eigenvalue weighted by atomic mass is 32.1. The van der Waals surface area contributed by atoms with Gasteiger partial charge in [-0.3, -0.25) is 4.90 Å². The molecular weight excluding hydrogens is 252 g/mol. The van der Waals surface area contributed by atoms with Gasteiger partial charge in [0.2, 0.25) is 0 Å². The molecule has 0 bridgehead atoms. The van der Waals surface area contributed by atoms with E-state index in [2.05, 4.69) is 48.5 Å². The Morgan fingerprint density at radius 3 is 2.74 bits per heavy atom. The zero-order valence-corrected chi connectivity index (χ0v) is 13.6. The van der Waals surface area contributed by atoms with Gasteiger partial charge in [-0.05, 0) is 44.2 Å². The predicted molar refractivity (Wildman–Crippen MR) is 87.1 cm³/mol. The number of nitrogens with zero attached hydrogens (tertiary/aromatic N) is 1. The summed E-state index contributed by atoms with van der Waals surface area (Å²) in [5.41, 5.74) is 0. The molecule has 0 radical (unpaired) electrons. The molecule has 0 fully saturated rings. The molecule has 0 aliphatic carbocycles. The third kappa shape index (κ3) is 7.09. The van der Waals surface area contributed by atoms with E-state index in [1.165, 1.54) is 37.2 Å². The van der Waals surface area contributed by atoms with Crippen molar-refractivity contribution in [2.75, 3.05) is 26.2 Å². The summed E-state index contributed by atoms with van der Waals surface area (Å²) in [6.07, 6.45) is 5.02. The fourth-order valence-corrected chi connectivity index (χ4v) is 2.90. The molecule has 1 aromatic heterocycles. The van der Waals surface area contributed by atoms with Crippen molar-refractivity contribution in [3.8, 4) is 0 Å². The van der Waals surface area contributed by atoms with Crippen LogP contribution in [0.1, 0.15) is 44.9 Å². The molecule has 0 aromatic carbocycles. The van der Waals surface area contributed by atoms with Crippen molar-refractivity contribution >= 4 is 11.3 Å². The smallest absolute Gasteiger partial charge is 0.0110 e. The van der Waals surface area contributed by atoms with Crippen LogP contribution in [0.25, 0.3) is 0 Å². The van der Waals surface area contributed by atoms with Crippen molar-refractivity contribution in [1.29, 1.82) is 0 Å². The van der Waals surface area contributed by atoms with Crippen molar-refractivity contribution in [2.45, 2.75) is 52.5 Å². The molecule has 0 aliphatic rings. The first-order valence-electron chi connectivity index (χ1n) is 7.75. The summed E-state index contributed by atoms with van der Waals surface area (Å²) >= 11 is 1.86. The van der Waals surface area contributed by atoms with Crippen molar-refractivity contribution < 1.29 is 0 Å². The second kappa shape index (κ2) is 10.4. The average molecular weight is 282 g/mol. The minimum Gasteiger partial charge on any atom is -0.315 e. The zero-order chi connectivity index (χ0) is 13.9. The topological polar surface area (TPSA) is 15.3 Å². The average Bonchev–Trinajstić information content (AvgIpc) is 2.94. The van der Waals surface area contributed by atoms with Gasteiger partial charge in [0.15, 0.2) is 0 Å². The Hall–Kier alpha value is -0.380. The maximum absolute atomic E-state index is 3.57. The van der Waals surface area contributed by atoms with Crippen LogP contribution >= 0.6 is 11.3 Å². The van der Waals surface area contributed by atoms with Crippen molar-refractivity contribution in [2.24, 2.45) is 0 Å². The van der Waals surface area contributed by atoms with Crippen LogP contribution < -0.4 is 5.32 Å². The summed E-state index contributed by atoms with van der Waals surface area (Å²) < 4.78 is 0. The van der Waals surface area contributed by atoms with Gasteiger partial charge in [-0.25, -0.2) is 0 Å². The van der Waals surface area contributed by atoms with Crippen LogP contribution in [0.4, 0.5) is 0 Å². The Morgan fingerprint density at radius 2 is 2.11 bits per heavy atom. The molecule has 3 heteroatoms. The Kier molecular flexibility index (Phi) is 9.14. The lowest BCUT2D eigenvalue weighted by atomic mass is 10.2. The number of hydrogen-bond donors (Lipinski definition) is 1. The molecule has 2 nitrogen and oxygen atoms in total. The molecule has 1 unspecified atom stereocenters. The molecule has 1 rings (SSSR count). The van der Waals surface area contributed by atoms with Crippen LogP contribution in [0.2, 0.25) is 0 Å². The summed E-state index contributed by atoms with van der Waals surface area (Å²) in [4.78, 5) is 4.11. The van der Waals surface area contributed by atoms with Gasteiger partial charge in [0.05, 0.1) is 0 Å². The van der Waals surface area contributed by atoms with Gasteiger partial charge in [-0.1, -0.05) is 26.3 Å². The van der Waals surface area contributed by atoms with Crippen molar-refractivity contribution in [1.82, 2.24) is 10.2 Å². The number of thiophene rings is 1. The maximum Gasteiger partial charge on any atom is 0.0110 e. The number of nitrogens with one attached hydrogen (secondary N) is 1. The molecular formula is C16H30N2S. The zero-order valence-electron chi connectivity index (χ0n) is 12.8. The Morgan fingerprint density at radius 1 is 1.26 bits per heavy atom. The van der Waals surface area contributed by atoms with E-state index in [0.717, 1.165) is 19.5 Å². The fraction of sp³-hybridized carbons (Fsp3) is 0.750. The van der Waals surface area contributed by atoms with E-state index < -0.39 is 0 Å². The van der Waals surface area contributed by atoms with Gasteiger partial charge in [0, 0.05) is 30.6 Å². The largest absolute Gasteiger partial charge is 0.315 e. The molecule has 1 aromatic rings. The lowest BCUT2D eigenvalue weighted by molar-refractivity contribution is 0.201. The molecule has 0 spiro atoms. The second-order valence-corrected chi connectivity index (χ2v) is 6.26. The second-order valence-electron chi connectivity index (χ2n) is 5.23. The normalized spacial score (nSPS) is 13.1. The SMILES string of the molecule is CCCCN(CCNCCc1cccs1)C(C)CC. The van der Waals surface area contributed by atoms with Crippen LogP contribution in [-0.4, -0.2) is 37.1 Å². The van der Waals surface area contributed by atoms with Crippen LogP contribution in [-0.2, 0) is 6.42 Å². The van der Waals surface area contributed by atoms with Gasteiger partial charge in [-0.2, -0.15) is 0 Å². The number of hydrogen-bond acceptors (Lipinski definition) is 3. The first kappa shape index (κ1) is 16.7. The minimum atomic E-state index is 0.714. The predicted octanol–water partition coefficient (Wildman–Crippen LogP) is 3.78. The van der Waals surface area contributed by atoms with Crippen LogP contribution in [0.5, 0.6) is 0 Å². The molecule has 19 heavy (non-hydrogen) atoms. The van der Waals surface area contributed by atoms with Crippen molar-refractivity contribution in [3.05, 3.63) is 22.4 Å². The highest BCUT2D eigenvalue weighted by Crippen LogP contribution is 2.08. The lowest BCUT2D eigenvalue weighted by Crippen LogP contribution is -2.39. The van der Waals surface area contributed by atoms with Gasteiger partial charge in [0.1, 0.15) is 0 Å². The highest BCUT2D eigenvalue weighted by molar-refractivity contribution is 7.09. The standard InChI is InChI=1S/C16H30N2S/c1-4-6-12-18(15(3)5-2)13-11-17-10-9-16-8-7-14-19-16/h7-8,14-15,17H,4-6,9-13H2,1-3H3. The van der Waals surface area contributed by atoms with E-state index in [4.69, 9.17) is 0 Å². The van der Waals surface area contributed by atoms with Crippen LogP contribution in [0.3, 0.4) is 0 Å². The van der Waals surface area contributed by atoms with Gasteiger partial charge in [0.25, 0.3) is 0 Å². The van der Waals surface area contributed by atoms with Crippen LogP contribution in [0.15, 0.2) is 17.5 Å². The number of unbranched alkanes of at least 4 members (excludes halogenated alkanes) is 1. The first-order valence-corrected chi connectivity index (χ1v) is 8.63. The summed E-state index contributed by atoms with van der Waals surface area (Å²) in [6, 6.07) is 5.07. The molecule has 0 aliphatic heterocycles. The van der Waals surface area contributed by atoms with E-state index in [1.54, 1.807) is 0 Å². The quantitative estimate of drug-likeness (QED) is 0.621. The summed E-state index contributed by atoms with van der Waals surface area (Å²) in [7, 11) is 0. The first-order chi connectivity index (χ1) is 9.27. The molecule has 1 heterocycles. The molecule has 1 N–H and O–H groups in total. The molecule has 0 saturated carbocycles. The fourth-order valence-electron chi connectivity index (χ4n) is 2.19. The van der Waals surface area contributed by atoms with E-state index in [1.807, 2.05) is 11.3 Å². The number of rotatable bonds is 11. The molecule has 1 atom stereocenters. The molecule has 0 saturated heterocycles. The molecule has 0 amide bonds. The summed E-state index contributed by atoms with van der Waals surface area (Å²) in [5, 5.41) is 5.73. The minimum absolute atomic E-state index is 0.714. The Bertz CT molecular complexity index is 298. The monoisotopic (exact) mass is 282 g/mol. The van der Waals surface area contributed by atoms with Gasteiger partial charge < -0.3 is 5.32 Å². The van der Waals surface area contributed by atoms with Crippen LogP contribution in [0, 0.1) is 0 Å². The third-order valence-electron chi connectivity index (χ3n) is 3.72. The molecule has 110 valence electrons. The van der Waals surface area contributed by atoms with Crippen molar-refractivity contribution in [3.63, 3.8) is 0 Å². The maximum atomic E-state index is 3.57. The van der Waals surface area contributed by atoms with E-state index >= 15 is 0 Å². The van der Waals surface area contributed by atoms with E-state index in [9.17, 15) is 0 Å². The lowest BCUT2D eigenvalue weighted by Gasteiger charge is -2.28. The Balaban J connectivity index is 2.12.